The Morgan fingerprint density at radius 3 is 2.65 bits per heavy atom. The fourth-order valence-corrected chi connectivity index (χ4v) is 4.68. The number of phenolic OH excluding ortho intramolecular Hbond substituents is 1. The first-order valence-corrected chi connectivity index (χ1v) is 10.3. The van der Waals surface area contributed by atoms with E-state index in [1.165, 1.54) is 0 Å². The number of aromatic hydroxyl groups is 1. The van der Waals surface area contributed by atoms with E-state index in [0.717, 1.165) is 11.1 Å². The maximum atomic E-state index is 14.0. The van der Waals surface area contributed by atoms with Crippen molar-refractivity contribution in [2.75, 3.05) is 11.9 Å². The molecule has 2 N–H and O–H groups in total. The molecule has 0 unspecified atom stereocenters. The van der Waals surface area contributed by atoms with Crippen molar-refractivity contribution in [1.29, 1.82) is 0 Å². The van der Waals surface area contributed by atoms with E-state index >= 15 is 0 Å². The number of nitrogens with one attached hydrogen (secondary N) is 1. The van der Waals surface area contributed by atoms with Crippen molar-refractivity contribution in [3.8, 4) is 28.1 Å². The summed E-state index contributed by atoms with van der Waals surface area (Å²) in [4.78, 5) is 1.93. The number of fused-ring (bicyclic) bond motifs is 2. The zero-order valence-electron chi connectivity index (χ0n) is 17.3. The molecule has 2 saturated heterocycles. The molecular formula is C22H24F2N6O. The summed E-state index contributed by atoms with van der Waals surface area (Å²) in [5, 5.41) is 26.3. The Balaban J connectivity index is 1.33. The molecule has 0 saturated carbocycles. The van der Waals surface area contributed by atoms with Gasteiger partial charge in [0.2, 0.25) is 0 Å². The Bertz CT molecular complexity index is 1100. The van der Waals surface area contributed by atoms with Gasteiger partial charge in [0.15, 0.2) is 5.82 Å². The number of nitrogens with zero attached hydrogens (tertiary/aromatic N) is 5. The molecule has 0 radical (unpaired) electrons. The van der Waals surface area contributed by atoms with Crippen LogP contribution in [-0.2, 0) is 7.05 Å². The number of anilines is 1. The molecule has 3 atom stereocenters. The molecule has 31 heavy (non-hydrogen) atoms. The molecule has 2 fully saturated rings. The maximum absolute atomic E-state index is 14.0. The van der Waals surface area contributed by atoms with E-state index < -0.39 is 12.0 Å². The molecule has 2 aliphatic heterocycles. The molecular weight excluding hydrogens is 402 g/mol. The van der Waals surface area contributed by atoms with Gasteiger partial charge in [0, 0.05) is 49.9 Å². The van der Waals surface area contributed by atoms with E-state index in [2.05, 4.69) is 20.6 Å². The van der Waals surface area contributed by atoms with Crippen molar-refractivity contribution in [2.24, 2.45) is 7.05 Å². The van der Waals surface area contributed by atoms with Crippen LogP contribution in [-0.4, -0.2) is 56.2 Å². The average Bonchev–Trinajstić information content (AvgIpc) is 3.27. The third-order valence-corrected chi connectivity index (χ3v) is 6.40. The van der Waals surface area contributed by atoms with Gasteiger partial charge in [-0.3, -0.25) is 4.68 Å². The first-order valence-electron chi connectivity index (χ1n) is 10.3. The number of rotatable bonds is 4. The normalized spacial score (nSPS) is 24.3. The molecule has 1 aromatic carbocycles. The van der Waals surface area contributed by atoms with E-state index in [1.807, 2.05) is 37.3 Å². The highest BCUT2D eigenvalue weighted by Crippen LogP contribution is 2.41. The second-order valence-corrected chi connectivity index (χ2v) is 8.53. The van der Waals surface area contributed by atoms with Crippen LogP contribution < -0.4 is 10.2 Å². The van der Waals surface area contributed by atoms with Crippen molar-refractivity contribution < 1.29 is 13.9 Å². The molecule has 0 spiro atoms. The number of piperidine rings is 1. The summed E-state index contributed by atoms with van der Waals surface area (Å²) in [5.41, 5.74) is 2.89. The number of aryl methyl sites for hydroxylation is 1. The van der Waals surface area contributed by atoms with Crippen LogP contribution in [0.3, 0.4) is 0 Å². The minimum absolute atomic E-state index is 0.0167. The van der Waals surface area contributed by atoms with Crippen LogP contribution >= 0.6 is 0 Å². The predicted molar refractivity (Wildman–Crippen MR) is 113 cm³/mol. The average molecular weight is 426 g/mol. The first kappa shape index (κ1) is 19.9. The van der Waals surface area contributed by atoms with Crippen molar-refractivity contribution in [3.63, 3.8) is 0 Å². The minimum Gasteiger partial charge on any atom is -0.507 e. The molecule has 4 heterocycles. The molecule has 7 nitrogen and oxygen atoms in total. The number of halogens is 2. The standard InChI is InChI=1S/C22H24F2N6O/c1-29-12-14(11-25-29)13-3-4-17(19(31)7-13)18-5-6-21(28-27-18)30(2)16-8-15-10-22(23,24)20(9-16)26-15/h3-7,11-12,15-16,20,26,31H,8-10H2,1-2H3/t15-,16+,20+/m1/s1. The summed E-state index contributed by atoms with van der Waals surface area (Å²) < 4.78 is 29.7. The van der Waals surface area contributed by atoms with Gasteiger partial charge in [-0.1, -0.05) is 6.07 Å². The van der Waals surface area contributed by atoms with Crippen molar-refractivity contribution in [1.82, 2.24) is 25.3 Å². The molecule has 2 aliphatic rings. The summed E-state index contributed by atoms with van der Waals surface area (Å²) in [6.07, 6.45) is 4.55. The highest BCUT2D eigenvalue weighted by molar-refractivity contribution is 5.73. The van der Waals surface area contributed by atoms with Crippen LogP contribution in [0.15, 0.2) is 42.7 Å². The highest BCUT2D eigenvalue weighted by atomic mass is 19.3. The van der Waals surface area contributed by atoms with Crippen molar-refractivity contribution in [2.45, 2.75) is 43.3 Å². The number of hydrogen-bond donors (Lipinski definition) is 2. The Morgan fingerprint density at radius 1 is 1.16 bits per heavy atom. The monoisotopic (exact) mass is 426 g/mol. The summed E-state index contributed by atoms with van der Waals surface area (Å²) in [6, 6.07) is 8.04. The first-order chi connectivity index (χ1) is 14.8. The Kier molecular flexibility index (Phi) is 4.65. The fourth-order valence-electron chi connectivity index (χ4n) is 4.68. The quantitative estimate of drug-likeness (QED) is 0.667. The van der Waals surface area contributed by atoms with Gasteiger partial charge in [0.05, 0.1) is 17.9 Å². The van der Waals surface area contributed by atoms with Crippen molar-refractivity contribution >= 4 is 5.82 Å². The van der Waals surface area contributed by atoms with Crippen LogP contribution in [0.4, 0.5) is 14.6 Å². The lowest BCUT2D eigenvalue weighted by atomic mass is 9.98. The summed E-state index contributed by atoms with van der Waals surface area (Å²) >= 11 is 0. The molecule has 162 valence electrons. The van der Waals surface area contributed by atoms with Gasteiger partial charge < -0.3 is 15.3 Å². The van der Waals surface area contributed by atoms with Gasteiger partial charge in [0.1, 0.15) is 5.75 Å². The molecule has 0 aliphatic carbocycles. The Labute approximate surface area is 178 Å². The van der Waals surface area contributed by atoms with Crippen LogP contribution in [0.1, 0.15) is 19.3 Å². The second-order valence-electron chi connectivity index (χ2n) is 8.53. The number of alkyl halides is 2. The van der Waals surface area contributed by atoms with Gasteiger partial charge in [-0.05, 0) is 42.7 Å². The minimum atomic E-state index is -2.64. The third kappa shape index (κ3) is 3.63. The van der Waals surface area contributed by atoms with Crippen LogP contribution in [0.5, 0.6) is 5.75 Å². The largest absolute Gasteiger partial charge is 0.507 e. The van der Waals surface area contributed by atoms with Crippen LogP contribution in [0.25, 0.3) is 22.4 Å². The fraction of sp³-hybridized carbons (Fsp3) is 0.409. The smallest absolute Gasteiger partial charge is 0.264 e. The van der Waals surface area contributed by atoms with Gasteiger partial charge in [-0.15, -0.1) is 10.2 Å². The molecule has 2 bridgehead atoms. The van der Waals surface area contributed by atoms with E-state index in [9.17, 15) is 13.9 Å². The number of phenols is 1. The SMILES string of the molecule is CN(c1ccc(-c2ccc(-c3cnn(C)c3)cc2O)nn1)[C@H]1C[C@@H]2CC(F)(F)[C@H](C1)N2. The molecule has 9 heteroatoms. The summed E-state index contributed by atoms with van der Waals surface area (Å²) in [6.45, 7) is 0. The predicted octanol–water partition coefficient (Wildman–Crippen LogP) is 3.21. The Hall–Kier alpha value is -3.07. The van der Waals surface area contributed by atoms with Gasteiger partial charge in [-0.2, -0.15) is 5.10 Å². The lowest BCUT2D eigenvalue weighted by molar-refractivity contribution is -0.0128. The number of benzene rings is 1. The lowest BCUT2D eigenvalue weighted by Crippen LogP contribution is -2.49. The lowest BCUT2D eigenvalue weighted by Gasteiger charge is -2.36. The van der Waals surface area contributed by atoms with Gasteiger partial charge in [0.25, 0.3) is 5.92 Å². The van der Waals surface area contributed by atoms with E-state index in [-0.39, 0.29) is 24.3 Å². The van der Waals surface area contributed by atoms with Crippen LogP contribution in [0.2, 0.25) is 0 Å². The molecule has 2 aromatic heterocycles. The van der Waals surface area contributed by atoms with E-state index in [1.54, 1.807) is 29.1 Å². The van der Waals surface area contributed by atoms with Crippen LogP contribution in [0, 0.1) is 0 Å². The molecule has 5 rings (SSSR count). The van der Waals surface area contributed by atoms with Gasteiger partial charge in [-0.25, -0.2) is 8.78 Å². The van der Waals surface area contributed by atoms with E-state index in [4.69, 9.17) is 0 Å². The molecule has 3 aromatic rings. The zero-order valence-corrected chi connectivity index (χ0v) is 17.3. The van der Waals surface area contributed by atoms with E-state index in [0.29, 0.717) is 29.9 Å². The summed E-state index contributed by atoms with van der Waals surface area (Å²) in [7, 11) is 3.71. The molecule has 0 amide bonds. The number of aromatic nitrogens is 4. The zero-order chi connectivity index (χ0) is 21.8. The third-order valence-electron chi connectivity index (χ3n) is 6.40. The summed E-state index contributed by atoms with van der Waals surface area (Å²) in [5.74, 6) is -1.91. The van der Waals surface area contributed by atoms with Gasteiger partial charge >= 0.3 is 0 Å². The highest BCUT2D eigenvalue weighted by Gasteiger charge is 2.53. The Morgan fingerprint density at radius 2 is 2.00 bits per heavy atom. The number of hydrogen-bond acceptors (Lipinski definition) is 6. The maximum Gasteiger partial charge on any atom is 0.264 e. The van der Waals surface area contributed by atoms with Crippen molar-refractivity contribution in [3.05, 3.63) is 42.7 Å². The second kappa shape index (κ2) is 7.26. The topological polar surface area (TPSA) is 79.1 Å².